The zero-order valence-corrected chi connectivity index (χ0v) is 8.63. The molecule has 0 N–H and O–H groups in total. The number of ether oxygens (including phenoxy) is 1. The van der Waals surface area contributed by atoms with E-state index in [1.165, 1.54) is 12.3 Å². The average molecular weight is 214 g/mol. The van der Waals surface area contributed by atoms with Gasteiger partial charge < -0.3 is 4.74 Å². The summed E-state index contributed by atoms with van der Waals surface area (Å²) in [6, 6.07) is 1.21. The summed E-state index contributed by atoms with van der Waals surface area (Å²) < 4.78 is 31.3. The Labute approximate surface area is 86.8 Å². The van der Waals surface area contributed by atoms with Gasteiger partial charge in [0, 0.05) is 6.92 Å². The molecule has 1 aromatic heterocycles. The number of hydrogen-bond acceptors (Lipinski definition) is 3. The molecule has 0 aliphatic carbocycles. The molecule has 0 saturated heterocycles. The van der Waals surface area contributed by atoms with Gasteiger partial charge in [-0.1, -0.05) is 6.58 Å². The zero-order valence-electron chi connectivity index (χ0n) is 8.63. The van der Waals surface area contributed by atoms with Crippen LogP contribution in [0, 0.1) is 0 Å². The SMILES string of the molecule is C=C(OCC)c1nnccc1C(C)(F)F. The third kappa shape index (κ3) is 2.71. The molecule has 0 spiro atoms. The first-order valence-corrected chi connectivity index (χ1v) is 4.49. The molecule has 15 heavy (non-hydrogen) atoms. The van der Waals surface area contributed by atoms with Gasteiger partial charge in [0.1, 0.15) is 11.5 Å². The molecular weight excluding hydrogens is 202 g/mol. The highest BCUT2D eigenvalue weighted by atomic mass is 19.3. The fraction of sp³-hybridized carbons (Fsp3) is 0.400. The van der Waals surface area contributed by atoms with E-state index in [1.807, 2.05) is 0 Å². The third-order valence-electron chi connectivity index (χ3n) is 1.78. The lowest BCUT2D eigenvalue weighted by molar-refractivity contribution is 0.0162. The molecule has 0 bridgehead atoms. The van der Waals surface area contributed by atoms with Gasteiger partial charge in [-0.2, -0.15) is 5.10 Å². The predicted octanol–water partition coefficient (Wildman–Crippen LogP) is 2.60. The lowest BCUT2D eigenvalue weighted by Crippen LogP contribution is -2.13. The minimum Gasteiger partial charge on any atom is -0.492 e. The molecule has 1 aromatic rings. The van der Waals surface area contributed by atoms with Crippen LogP contribution in [0.1, 0.15) is 25.1 Å². The Morgan fingerprint density at radius 2 is 2.27 bits per heavy atom. The van der Waals surface area contributed by atoms with Gasteiger partial charge in [-0.25, -0.2) is 8.78 Å². The summed E-state index contributed by atoms with van der Waals surface area (Å²) in [6.07, 6.45) is 1.22. The van der Waals surface area contributed by atoms with Crippen LogP contribution >= 0.6 is 0 Å². The summed E-state index contributed by atoms with van der Waals surface area (Å²) in [5.41, 5.74) is -0.220. The molecule has 0 aliphatic heterocycles. The maximum Gasteiger partial charge on any atom is 0.272 e. The normalized spacial score (nSPS) is 11.2. The highest BCUT2D eigenvalue weighted by molar-refractivity contribution is 5.57. The van der Waals surface area contributed by atoms with Gasteiger partial charge in [0.2, 0.25) is 0 Å². The van der Waals surface area contributed by atoms with Gasteiger partial charge >= 0.3 is 0 Å². The van der Waals surface area contributed by atoms with Crippen LogP contribution in [0.4, 0.5) is 8.78 Å². The smallest absolute Gasteiger partial charge is 0.272 e. The van der Waals surface area contributed by atoms with Crippen molar-refractivity contribution < 1.29 is 13.5 Å². The van der Waals surface area contributed by atoms with Crippen molar-refractivity contribution in [1.29, 1.82) is 0 Å². The number of rotatable bonds is 4. The van der Waals surface area contributed by atoms with E-state index >= 15 is 0 Å². The second kappa shape index (κ2) is 4.33. The molecule has 0 atom stereocenters. The number of halogens is 2. The molecule has 0 saturated carbocycles. The Kier molecular flexibility index (Phi) is 3.34. The summed E-state index contributed by atoms with van der Waals surface area (Å²) in [5.74, 6) is -2.87. The second-order valence-corrected chi connectivity index (χ2v) is 3.04. The number of hydrogen-bond donors (Lipinski definition) is 0. The van der Waals surface area contributed by atoms with Crippen LogP contribution in [0.5, 0.6) is 0 Å². The number of alkyl halides is 2. The first kappa shape index (κ1) is 11.6. The van der Waals surface area contributed by atoms with E-state index < -0.39 is 5.92 Å². The van der Waals surface area contributed by atoms with Crippen molar-refractivity contribution in [3.8, 4) is 0 Å². The number of nitrogens with zero attached hydrogens (tertiary/aromatic N) is 2. The largest absolute Gasteiger partial charge is 0.492 e. The summed E-state index contributed by atoms with van der Waals surface area (Å²) in [6.45, 7) is 6.42. The van der Waals surface area contributed by atoms with E-state index in [0.29, 0.717) is 6.61 Å². The second-order valence-electron chi connectivity index (χ2n) is 3.04. The highest BCUT2D eigenvalue weighted by Crippen LogP contribution is 2.31. The van der Waals surface area contributed by atoms with Gasteiger partial charge in [0.25, 0.3) is 5.92 Å². The first-order valence-electron chi connectivity index (χ1n) is 4.49. The summed E-state index contributed by atoms with van der Waals surface area (Å²) >= 11 is 0. The van der Waals surface area contributed by atoms with Crippen molar-refractivity contribution in [2.45, 2.75) is 19.8 Å². The van der Waals surface area contributed by atoms with Gasteiger partial charge in [0.15, 0.2) is 0 Å². The van der Waals surface area contributed by atoms with E-state index in [9.17, 15) is 8.78 Å². The van der Waals surface area contributed by atoms with Crippen LogP contribution in [0.2, 0.25) is 0 Å². The van der Waals surface area contributed by atoms with Gasteiger partial charge in [-0.05, 0) is 13.0 Å². The Bertz CT molecular complexity index is 361. The van der Waals surface area contributed by atoms with Crippen molar-refractivity contribution >= 4 is 5.76 Å². The van der Waals surface area contributed by atoms with E-state index in [0.717, 1.165) is 6.92 Å². The van der Waals surface area contributed by atoms with Crippen molar-refractivity contribution in [3.05, 3.63) is 30.1 Å². The fourth-order valence-corrected chi connectivity index (χ4v) is 1.13. The van der Waals surface area contributed by atoms with E-state index in [2.05, 4.69) is 16.8 Å². The number of aromatic nitrogens is 2. The summed E-state index contributed by atoms with van der Waals surface area (Å²) in [5, 5.41) is 7.15. The van der Waals surface area contributed by atoms with Crippen LogP contribution in [0.15, 0.2) is 18.8 Å². The Hall–Kier alpha value is -1.52. The van der Waals surface area contributed by atoms with Crippen LogP contribution in [-0.4, -0.2) is 16.8 Å². The molecular formula is C10H12F2N2O. The van der Waals surface area contributed by atoms with E-state index in [4.69, 9.17) is 4.74 Å². The lowest BCUT2D eigenvalue weighted by atomic mass is 10.1. The molecule has 0 aromatic carbocycles. The molecule has 5 heteroatoms. The molecule has 0 unspecified atom stereocenters. The van der Waals surface area contributed by atoms with Crippen molar-refractivity contribution in [2.75, 3.05) is 6.61 Å². The average Bonchev–Trinajstić information content (AvgIpc) is 2.17. The summed E-state index contributed by atoms with van der Waals surface area (Å²) in [7, 11) is 0. The van der Waals surface area contributed by atoms with Gasteiger partial charge in [-0.15, -0.1) is 5.10 Å². The van der Waals surface area contributed by atoms with Gasteiger partial charge in [0.05, 0.1) is 18.4 Å². The Morgan fingerprint density at radius 3 is 2.80 bits per heavy atom. The Balaban J connectivity index is 3.12. The van der Waals surface area contributed by atoms with Crippen LogP contribution in [0.3, 0.4) is 0 Å². The zero-order chi connectivity index (χ0) is 11.5. The lowest BCUT2D eigenvalue weighted by Gasteiger charge is -2.15. The minimum atomic E-state index is -2.98. The van der Waals surface area contributed by atoms with E-state index in [1.54, 1.807) is 6.92 Å². The molecule has 1 rings (SSSR count). The minimum absolute atomic E-state index is 0.00634. The monoisotopic (exact) mass is 214 g/mol. The standard InChI is InChI=1S/C10H12F2N2O/c1-4-15-7(2)9-8(10(3,11)12)5-6-13-14-9/h5-6H,2,4H2,1,3H3. The van der Waals surface area contributed by atoms with E-state index in [-0.39, 0.29) is 17.0 Å². The third-order valence-corrected chi connectivity index (χ3v) is 1.78. The molecule has 3 nitrogen and oxygen atoms in total. The molecule has 0 radical (unpaired) electrons. The van der Waals surface area contributed by atoms with Crippen LogP contribution < -0.4 is 0 Å². The highest BCUT2D eigenvalue weighted by Gasteiger charge is 2.29. The molecule has 0 aliphatic rings. The maximum absolute atomic E-state index is 13.2. The first-order chi connectivity index (χ1) is 6.96. The topological polar surface area (TPSA) is 35.0 Å². The summed E-state index contributed by atoms with van der Waals surface area (Å²) in [4.78, 5) is 0. The Morgan fingerprint density at radius 1 is 1.60 bits per heavy atom. The van der Waals surface area contributed by atoms with Crippen LogP contribution in [-0.2, 0) is 10.7 Å². The van der Waals surface area contributed by atoms with Gasteiger partial charge in [-0.3, -0.25) is 0 Å². The van der Waals surface area contributed by atoms with Crippen LogP contribution in [0.25, 0.3) is 5.76 Å². The molecule has 82 valence electrons. The predicted molar refractivity (Wildman–Crippen MR) is 52.3 cm³/mol. The van der Waals surface area contributed by atoms with Crippen molar-refractivity contribution in [1.82, 2.24) is 10.2 Å². The molecule has 1 heterocycles. The molecule has 0 fully saturated rings. The molecule has 0 amide bonds. The fourth-order valence-electron chi connectivity index (χ4n) is 1.13. The van der Waals surface area contributed by atoms with Crippen molar-refractivity contribution in [3.63, 3.8) is 0 Å². The quantitative estimate of drug-likeness (QED) is 0.722. The van der Waals surface area contributed by atoms with Crippen molar-refractivity contribution in [2.24, 2.45) is 0 Å². The maximum atomic E-state index is 13.2.